The van der Waals surface area contributed by atoms with E-state index in [-0.39, 0.29) is 0 Å². The second kappa shape index (κ2) is 7.41. The standard InChI is InChI=1S/C18H23BrF4OSi/c1-16(2,14-8-7-13(20)11-15(14)19)12-17(24,18(21,22)23)9-6-10-25(3,4)5/h7-8,11,24H,9,12H2,1-5H3/t17-/m0/s1. The zero-order valence-corrected chi connectivity index (χ0v) is 17.6. The van der Waals surface area contributed by atoms with Gasteiger partial charge in [0.05, 0.1) is 0 Å². The van der Waals surface area contributed by atoms with Crippen LogP contribution in [0.2, 0.25) is 19.6 Å². The molecule has 0 saturated carbocycles. The molecule has 1 N–H and O–H groups in total. The Morgan fingerprint density at radius 3 is 2.16 bits per heavy atom. The van der Waals surface area contributed by atoms with E-state index in [1.165, 1.54) is 18.2 Å². The lowest BCUT2D eigenvalue weighted by atomic mass is 9.74. The Kier molecular flexibility index (Phi) is 6.58. The first-order valence-corrected chi connectivity index (χ1v) is 12.1. The first-order chi connectivity index (χ1) is 11.1. The molecule has 0 aliphatic heterocycles. The summed E-state index contributed by atoms with van der Waals surface area (Å²) in [6.07, 6.45) is -6.07. The molecule has 0 heterocycles. The van der Waals surface area contributed by atoms with Crippen molar-refractivity contribution >= 4 is 24.0 Å². The van der Waals surface area contributed by atoms with Crippen LogP contribution in [0.15, 0.2) is 22.7 Å². The van der Waals surface area contributed by atoms with Crippen LogP contribution in [0.1, 0.15) is 32.3 Å². The van der Waals surface area contributed by atoms with Crippen molar-refractivity contribution in [1.29, 1.82) is 0 Å². The Balaban J connectivity index is 3.22. The van der Waals surface area contributed by atoms with Crippen LogP contribution in [0.4, 0.5) is 17.6 Å². The molecule has 0 aliphatic carbocycles. The van der Waals surface area contributed by atoms with E-state index in [2.05, 4.69) is 27.4 Å². The van der Waals surface area contributed by atoms with E-state index in [0.29, 0.717) is 10.0 Å². The highest BCUT2D eigenvalue weighted by atomic mass is 79.9. The summed E-state index contributed by atoms with van der Waals surface area (Å²) >= 11 is 3.19. The maximum absolute atomic E-state index is 13.6. The maximum Gasteiger partial charge on any atom is 0.418 e. The summed E-state index contributed by atoms with van der Waals surface area (Å²) < 4.78 is 54.3. The van der Waals surface area contributed by atoms with Crippen molar-refractivity contribution in [2.75, 3.05) is 0 Å². The Labute approximate surface area is 156 Å². The number of halogens is 5. The van der Waals surface area contributed by atoms with Gasteiger partial charge in [-0.3, -0.25) is 0 Å². The minimum Gasteiger partial charge on any atom is -0.380 e. The predicted molar refractivity (Wildman–Crippen MR) is 98.5 cm³/mol. The molecule has 0 aromatic heterocycles. The first-order valence-electron chi connectivity index (χ1n) is 7.82. The van der Waals surface area contributed by atoms with Gasteiger partial charge in [-0.05, 0) is 29.5 Å². The molecule has 0 fully saturated rings. The predicted octanol–water partition coefficient (Wildman–Crippen LogP) is 5.82. The molecule has 0 radical (unpaired) electrons. The van der Waals surface area contributed by atoms with Crippen molar-refractivity contribution in [3.05, 3.63) is 34.1 Å². The van der Waals surface area contributed by atoms with Crippen LogP contribution in [0, 0.1) is 17.3 Å². The summed E-state index contributed by atoms with van der Waals surface area (Å²) in [6.45, 7) is 8.95. The lowest BCUT2D eigenvalue weighted by Crippen LogP contribution is -2.49. The third kappa shape index (κ3) is 6.12. The van der Waals surface area contributed by atoms with Crippen molar-refractivity contribution in [3.63, 3.8) is 0 Å². The number of hydrogen-bond acceptors (Lipinski definition) is 1. The molecule has 140 valence electrons. The molecular weight excluding hydrogens is 416 g/mol. The van der Waals surface area contributed by atoms with E-state index in [0.717, 1.165) is 0 Å². The van der Waals surface area contributed by atoms with Crippen LogP contribution in [0.5, 0.6) is 0 Å². The van der Waals surface area contributed by atoms with E-state index in [9.17, 15) is 22.7 Å². The SMILES string of the molecule is CC(C)(C[C@@](O)(CC#C[Si](C)(C)C)C(F)(F)F)c1ccc(F)cc1Br. The van der Waals surface area contributed by atoms with Crippen molar-refractivity contribution < 1.29 is 22.7 Å². The maximum atomic E-state index is 13.6. The molecule has 25 heavy (non-hydrogen) atoms. The lowest BCUT2D eigenvalue weighted by Gasteiger charge is -2.37. The van der Waals surface area contributed by atoms with E-state index in [1.54, 1.807) is 13.8 Å². The van der Waals surface area contributed by atoms with Crippen LogP contribution in [0.3, 0.4) is 0 Å². The highest BCUT2D eigenvalue weighted by Crippen LogP contribution is 2.44. The van der Waals surface area contributed by atoms with Crippen molar-refractivity contribution in [1.82, 2.24) is 0 Å². The highest BCUT2D eigenvalue weighted by Gasteiger charge is 2.55. The van der Waals surface area contributed by atoms with E-state index in [4.69, 9.17) is 0 Å². The van der Waals surface area contributed by atoms with Gasteiger partial charge in [0.25, 0.3) is 0 Å². The Hall–Kier alpha value is -0.843. The molecule has 1 rings (SSSR count). The first kappa shape index (κ1) is 22.2. The number of aliphatic hydroxyl groups is 1. The van der Waals surface area contributed by atoms with Gasteiger partial charge in [-0.25, -0.2) is 4.39 Å². The summed E-state index contributed by atoms with van der Waals surface area (Å²) in [5.41, 5.74) is -0.618. The Bertz CT molecular complexity index is 683. The number of hydrogen-bond donors (Lipinski definition) is 1. The molecule has 1 aromatic rings. The number of benzene rings is 1. The molecule has 0 bridgehead atoms. The third-order valence-electron chi connectivity index (χ3n) is 3.77. The third-order valence-corrected chi connectivity index (χ3v) is 5.35. The van der Waals surface area contributed by atoms with Gasteiger partial charge in [-0.1, -0.05) is 55.5 Å². The lowest BCUT2D eigenvalue weighted by molar-refractivity contribution is -0.264. The average molecular weight is 439 g/mol. The van der Waals surface area contributed by atoms with Crippen LogP contribution in [-0.4, -0.2) is 25.0 Å². The van der Waals surface area contributed by atoms with Gasteiger partial charge >= 0.3 is 6.18 Å². The fourth-order valence-corrected chi connectivity index (χ4v) is 4.09. The molecule has 1 nitrogen and oxygen atoms in total. The summed E-state index contributed by atoms with van der Waals surface area (Å²) in [5.74, 6) is 2.05. The van der Waals surface area contributed by atoms with Crippen molar-refractivity contribution in [2.24, 2.45) is 0 Å². The van der Waals surface area contributed by atoms with Gasteiger partial charge in [-0.2, -0.15) is 13.2 Å². The van der Waals surface area contributed by atoms with Gasteiger partial charge in [-0.15, -0.1) is 11.5 Å². The zero-order valence-electron chi connectivity index (χ0n) is 15.0. The van der Waals surface area contributed by atoms with E-state index in [1.807, 2.05) is 19.6 Å². The van der Waals surface area contributed by atoms with E-state index < -0.39 is 43.9 Å². The number of alkyl halides is 3. The zero-order chi connectivity index (χ0) is 19.7. The molecule has 0 amide bonds. The topological polar surface area (TPSA) is 20.2 Å². The number of rotatable bonds is 4. The van der Waals surface area contributed by atoms with Gasteiger partial charge in [0.15, 0.2) is 5.60 Å². The molecule has 0 aliphatic rings. The van der Waals surface area contributed by atoms with Gasteiger partial charge < -0.3 is 5.11 Å². The van der Waals surface area contributed by atoms with Crippen LogP contribution in [0.25, 0.3) is 0 Å². The Morgan fingerprint density at radius 1 is 1.16 bits per heavy atom. The molecule has 1 atom stereocenters. The largest absolute Gasteiger partial charge is 0.418 e. The average Bonchev–Trinajstić information content (AvgIpc) is 2.34. The summed E-state index contributed by atoms with van der Waals surface area (Å²) in [6, 6.07) is 3.83. The van der Waals surface area contributed by atoms with Crippen molar-refractivity contribution in [3.8, 4) is 11.5 Å². The molecule has 1 aromatic carbocycles. The molecule has 0 spiro atoms. The summed E-state index contributed by atoms with van der Waals surface area (Å²) in [5, 5.41) is 10.4. The minimum absolute atomic E-state index is 0.371. The summed E-state index contributed by atoms with van der Waals surface area (Å²) in [4.78, 5) is 0. The van der Waals surface area contributed by atoms with Gasteiger partial charge in [0, 0.05) is 10.9 Å². The molecule has 0 unspecified atom stereocenters. The van der Waals surface area contributed by atoms with Crippen LogP contribution in [-0.2, 0) is 5.41 Å². The summed E-state index contributed by atoms with van der Waals surface area (Å²) in [7, 11) is -1.84. The monoisotopic (exact) mass is 438 g/mol. The van der Waals surface area contributed by atoms with Crippen LogP contribution < -0.4 is 0 Å². The molecular formula is C18H23BrF4OSi. The van der Waals surface area contributed by atoms with Crippen LogP contribution >= 0.6 is 15.9 Å². The fraction of sp³-hybridized carbons (Fsp3) is 0.556. The normalized spacial score (nSPS) is 15.3. The van der Waals surface area contributed by atoms with Gasteiger partial charge in [0.2, 0.25) is 0 Å². The minimum atomic E-state index is -4.81. The van der Waals surface area contributed by atoms with Crippen molar-refractivity contribution in [2.45, 2.75) is 63.5 Å². The second-order valence-corrected chi connectivity index (χ2v) is 13.5. The smallest absolute Gasteiger partial charge is 0.380 e. The fourth-order valence-electron chi connectivity index (χ4n) is 2.58. The Morgan fingerprint density at radius 2 is 1.72 bits per heavy atom. The van der Waals surface area contributed by atoms with E-state index >= 15 is 0 Å². The quantitative estimate of drug-likeness (QED) is 0.356. The second-order valence-electron chi connectivity index (χ2n) is 7.94. The van der Waals surface area contributed by atoms with Gasteiger partial charge in [0.1, 0.15) is 13.9 Å². The highest BCUT2D eigenvalue weighted by molar-refractivity contribution is 9.10. The molecule has 0 saturated heterocycles. The molecule has 7 heteroatoms.